The van der Waals surface area contributed by atoms with Gasteiger partial charge in [-0.1, -0.05) is 84.9 Å². The van der Waals surface area contributed by atoms with Crippen molar-refractivity contribution < 1.29 is 38.0 Å². The Balaban J connectivity index is 1.40. The van der Waals surface area contributed by atoms with Crippen LogP contribution in [0.25, 0.3) is 55.2 Å². The second-order valence-corrected chi connectivity index (χ2v) is 14.8. The minimum atomic E-state index is -0.228. The van der Waals surface area contributed by atoms with Gasteiger partial charge < -0.3 is 39.1 Å². The highest BCUT2D eigenvalue weighted by Gasteiger charge is 2.24. The predicted molar refractivity (Wildman–Crippen MR) is 249 cm³/mol. The zero-order valence-electron chi connectivity index (χ0n) is 35.8. The van der Waals surface area contributed by atoms with Crippen molar-refractivity contribution in [1.29, 1.82) is 0 Å². The molecule has 12 heteroatoms. The van der Waals surface area contributed by atoms with Crippen molar-refractivity contribution in [2.45, 2.75) is 27.1 Å². The number of pyridine rings is 2. The maximum absolute atomic E-state index is 12.1. The average Bonchev–Trinajstić information content (AvgIpc) is 3.31. The summed E-state index contributed by atoms with van der Waals surface area (Å²) in [6, 6.07) is 46.6. The number of aromatic nitrogens is 2. The Morgan fingerprint density at radius 1 is 0.469 bits per heavy atom. The molecule has 0 saturated heterocycles. The van der Waals surface area contributed by atoms with E-state index in [1.54, 1.807) is 26.4 Å². The summed E-state index contributed by atoms with van der Waals surface area (Å²) in [4.78, 5) is 33.7. The molecule has 6 aromatic carbocycles. The van der Waals surface area contributed by atoms with E-state index in [4.69, 9.17) is 38.4 Å². The summed E-state index contributed by atoms with van der Waals surface area (Å²) in [5, 5.41) is 8.87. The van der Waals surface area contributed by atoms with Crippen LogP contribution < -0.4 is 29.6 Å². The molecule has 0 fully saturated rings. The Morgan fingerprint density at radius 2 is 0.891 bits per heavy atom. The molecule has 0 aliphatic heterocycles. The van der Waals surface area contributed by atoms with Crippen molar-refractivity contribution in [1.82, 2.24) is 9.97 Å². The molecule has 8 rings (SSSR count). The molecule has 0 spiro atoms. The second kappa shape index (κ2) is 19.9. The number of ether oxygens (including phenoxy) is 6. The third-order valence-corrected chi connectivity index (χ3v) is 10.2. The Hall–Kier alpha value is -7.80. The van der Waals surface area contributed by atoms with Gasteiger partial charge in [-0.25, -0.2) is 9.97 Å². The molecule has 0 aliphatic carbocycles. The number of rotatable bonds is 17. The van der Waals surface area contributed by atoms with Crippen molar-refractivity contribution in [3.05, 3.63) is 157 Å². The van der Waals surface area contributed by atoms with Crippen LogP contribution in [0.15, 0.2) is 146 Å². The molecular formula is C52H46N4O8. The van der Waals surface area contributed by atoms with Crippen molar-refractivity contribution in [3.63, 3.8) is 0 Å². The summed E-state index contributed by atoms with van der Waals surface area (Å²) in [6.07, 6.45) is 0. The van der Waals surface area contributed by atoms with Crippen molar-refractivity contribution >= 4 is 45.0 Å². The van der Waals surface area contributed by atoms with Crippen molar-refractivity contribution in [2.24, 2.45) is 0 Å². The van der Waals surface area contributed by atoms with E-state index in [-0.39, 0.29) is 38.6 Å². The first-order chi connectivity index (χ1) is 31.3. The van der Waals surface area contributed by atoms with Crippen LogP contribution in [0.3, 0.4) is 0 Å². The molecule has 2 N–H and O–H groups in total. The van der Waals surface area contributed by atoms with E-state index in [1.165, 1.54) is 13.8 Å². The van der Waals surface area contributed by atoms with Gasteiger partial charge >= 0.3 is 0 Å². The van der Waals surface area contributed by atoms with Gasteiger partial charge in [0.25, 0.3) is 0 Å². The molecule has 64 heavy (non-hydrogen) atoms. The van der Waals surface area contributed by atoms with Crippen molar-refractivity contribution in [2.75, 3.05) is 38.4 Å². The van der Waals surface area contributed by atoms with E-state index in [0.29, 0.717) is 57.1 Å². The topological polar surface area (TPSA) is 139 Å². The van der Waals surface area contributed by atoms with Crippen LogP contribution >= 0.6 is 0 Å². The van der Waals surface area contributed by atoms with E-state index in [9.17, 15) is 9.59 Å². The number of nitrogens with zero attached hydrogens (tertiary/aromatic N) is 2. The molecule has 8 aromatic rings. The third kappa shape index (κ3) is 9.94. The smallest absolute Gasteiger partial charge is 0.222 e. The molecule has 2 aromatic heterocycles. The summed E-state index contributed by atoms with van der Waals surface area (Å²) < 4.78 is 37.1. The predicted octanol–water partition coefficient (Wildman–Crippen LogP) is 10.8. The fourth-order valence-corrected chi connectivity index (χ4v) is 7.45. The second-order valence-electron chi connectivity index (χ2n) is 14.8. The summed E-state index contributed by atoms with van der Waals surface area (Å²) in [7, 11) is 3.14. The minimum absolute atomic E-state index is 0.0290. The summed E-state index contributed by atoms with van der Waals surface area (Å²) in [5.41, 5.74) is 6.01. The lowest BCUT2D eigenvalue weighted by molar-refractivity contribution is -0.115. The zero-order chi connectivity index (χ0) is 44.4. The lowest BCUT2D eigenvalue weighted by Gasteiger charge is -2.22. The van der Waals surface area contributed by atoms with E-state index in [0.717, 1.165) is 43.8 Å². The Bertz CT molecular complexity index is 2740. The van der Waals surface area contributed by atoms with Gasteiger partial charge in [0.1, 0.15) is 47.8 Å². The van der Waals surface area contributed by atoms with Crippen LogP contribution in [-0.2, 0) is 32.3 Å². The van der Waals surface area contributed by atoms with E-state index >= 15 is 0 Å². The highest BCUT2D eigenvalue weighted by atomic mass is 16.7. The molecule has 0 unspecified atom stereocenters. The van der Waals surface area contributed by atoms with Crippen LogP contribution in [0.1, 0.15) is 25.0 Å². The van der Waals surface area contributed by atoms with E-state index in [1.807, 2.05) is 133 Å². The number of anilines is 2. The maximum Gasteiger partial charge on any atom is 0.222 e. The van der Waals surface area contributed by atoms with Gasteiger partial charge in [0.05, 0.1) is 11.4 Å². The molecule has 12 nitrogen and oxygen atoms in total. The highest BCUT2D eigenvalue weighted by molar-refractivity contribution is 6.12. The first-order valence-electron chi connectivity index (χ1n) is 20.6. The minimum Gasteiger partial charge on any atom is -0.488 e. The van der Waals surface area contributed by atoms with Crippen LogP contribution in [0.5, 0.6) is 23.0 Å². The zero-order valence-corrected chi connectivity index (χ0v) is 35.8. The molecule has 0 atom stereocenters. The number of hydrogen-bond acceptors (Lipinski definition) is 10. The van der Waals surface area contributed by atoms with Gasteiger partial charge in [-0.15, -0.1) is 0 Å². The summed E-state index contributed by atoms with van der Waals surface area (Å²) in [6.45, 7) is 3.39. The van der Waals surface area contributed by atoms with Gasteiger partial charge in [0.2, 0.25) is 11.8 Å². The Kier molecular flexibility index (Phi) is 13.4. The first-order valence-corrected chi connectivity index (χ1v) is 20.6. The molecule has 0 bridgehead atoms. The van der Waals surface area contributed by atoms with Gasteiger partial charge in [-0.05, 0) is 93.3 Å². The van der Waals surface area contributed by atoms with Gasteiger partial charge in [-0.2, -0.15) is 0 Å². The van der Waals surface area contributed by atoms with Crippen LogP contribution in [-0.4, -0.2) is 49.6 Å². The molecule has 0 radical (unpaired) electrons. The van der Waals surface area contributed by atoms with Gasteiger partial charge in [0.15, 0.2) is 13.6 Å². The number of fused-ring (bicyclic) bond motifs is 2. The van der Waals surface area contributed by atoms with Gasteiger partial charge in [0, 0.05) is 50.3 Å². The van der Waals surface area contributed by atoms with Gasteiger partial charge in [-0.3, -0.25) is 9.59 Å². The summed E-state index contributed by atoms with van der Waals surface area (Å²) in [5.74, 6) is 2.53. The molecule has 322 valence electrons. The van der Waals surface area contributed by atoms with E-state index < -0.39 is 0 Å². The summed E-state index contributed by atoms with van der Waals surface area (Å²) >= 11 is 0. The number of carbonyl (C=O) groups excluding carboxylic acids is 2. The van der Waals surface area contributed by atoms with E-state index in [2.05, 4.69) is 10.6 Å². The number of nitrogens with one attached hydrogen (secondary N) is 2. The lowest BCUT2D eigenvalue weighted by Crippen LogP contribution is -2.08. The Morgan fingerprint density at radius 3 is 1.28 bits per heavy atom. The molecule has 2 heterocycles. The monoisotopic (exact) mass is 854 g/mol. The molecule has 0 saturated carbocycles. The van der Waals surface area contributed by atoms with Crippen LogP contribution in [0, 0.1) is 0 Å². The number of benzene rings is 6. The largest absolute Gasteiger partial charge is 0.488 e. The SMILES string of the molecule is COCOc1ccc2cc(-c3cccc(NC(C)=O)n3)c(OCc3ccccc3)cc2c1-c1c(OCOC)ccc2cc(-c3cccc(NC(C)=O)n3)c(OCc3ccccc3)cc12. The number of methoxy groups -OCH3 is 2. The quantitative estimate of drug-likeness (QED) is 0.0851. The van der Waals surface area contributed by atoms with Crippen LogP contribution in [0.2, 0.25) is 0 Å². The highest BCUT2D eigenvalue weighted by Crippen LogP contribution is 2.49. The third-order valence-electron chi connectivity index (χ3n) is 10.2. The number of amides is 2. The fraction of sp³-hybridized carbons (Fsp3) is 0.154. The number of carbonyl (C=O) groups is 2. The lowest BCUT2D eigenvalue weighted by atomic mass is 9.90. The first kappa shape index (κ1) is 42.9. The van der Waals surface area contributed by atoms with Crippen LogP contribution in [0.4, 0.5) is 11.6 Å². The molecule has 0 aliphatic rings. The average molecular weight is 855 g/mol. The molecular weight excluding hydrogens is 809 g/mol. The molecule has 2 amide bonds. The normalized spacial score (nSPS) is 11.0. The standard InChI is InChI=1S/C52H46N4O8/c1-33(57)53-49-19-11-17-43(55-49)41-25-37-21-23-45(63-31-59-3)51(39(37)27-47(41)61-29-35-13-7-5-8-14-35)52-40-28-48(62-30-36-15-9-6-10-16-36)42(26-38(40)22-24-46(52)64-32-60-4)44-18-12-20-50(56-44)54-34(2)58/h5-28H,29-32H2,1-4H3,(H,53,55,57)(H,54,56,58). The number of hydrogen-bond donors (Lipinski definition) is 2. The fourth-order valence-electron chi connectivity index (χ4n) is 7.45. The Labute approximate surface area is 370 Å². The maximum atomic E-state index is 12.1. The van der Waals surface area contributed by atoms with Crippen molar-refractivity contribution in [3.8, 4) is 56.6 Å².